The standard InChI is InChI=1S/C15H18N4O/c1-15(2)7-11(15)8-17-14(20)13-12(9-18-19-13)10-3-5-16-6-4-10/h3-6,9,11H,7-8H2,1-2H3,(H,17,20)(H,18,19). The molecule has 1 unspecified atom stereocenters. The Hall–Kier alpha value is -2.17. The van der Waals surface area contributed by atoms with Gasteiger partial charge in [-0.05, 0) is 35.4 Å². The number of hydrogen-bond donors (Lipinski definition) is 2. The maximum Gasteiger partial charge on any atom is 0.269 e. The van der Waals surface area contributed by atoms with E-state index in [0.717, 1.165) is 17.7 Å². The highest BCUT2D eigenvalue weighted by Gasteiger charge is 2.45. The smallest absolute Gasteiger partial charge is 0.269 e. The van der Waals surface area contributed by atoms with Gasteiger partial charge in [0.25, 0.3) is 5.91 Å². The van der Waals surface area contributed by atoms with E-state index >= 15 is 0 Å². The molecule has 2 heterocycles. The molecule has 0 aliphatic heterocycles. The fraction of sp³-hybridized carbons (Fsp3) is 0.400. The number of nitrogens with one attached hydrogen (secondary N) is 2. The first-order valence-electron chi connectivity index (χ1n) is 6.80. The third-order valence-electron chi connectivity index (χ3n) is 4.08. The van der Waals surface area contributed by atoms with Crippen LogP contribution in [0.3, 0.4) is 0 Å². The lowest BCUT2D eigenvalue weighted by Gasteiger charge is -2.07. The van der Waals surface area contributed by atoms with Gasteiger partial charge in [0, 0.05) is 24.5 Å². The molecule has 0 radical (unpaired) electrons. The highest BCUT2D eigenvalue weighted by Crippen LogP contribution is 2.50. The van der Waals surface area contributed by atoms with Crippen molar-refractivity contribution < 1.29 is 4.79 Å². The zero-order chi connectivity index (χ0) is 14.2. The average molecular weight is 270 g/mol. The third-order valence-corrected chi connectivity index (χ3v) is 4.08. The molecule has 1 fully saturated rings. The molecule has 1 aliphatic carbocycles. The predicted octanol–water partition coefficient (Wildman–Crippen LogP) is 2.25. The number of carbonyl (C=O) groups excluding carboxylic acids is 1. The Bertz CT molecular complexity index is 618. The van der Waals surface area contributed by atoms with Crippen molar-refractivity contribution >= 4 is 5.91 Å². The molecule has 2 aromatic heterocycles. The first-order valence-corrected chi connectivity index (χ1v) is 6.80. The Labute approximate surface area is 117 Å². The number of pyridine rings is 1. The Morgan fingerprint density at radius 2 is 2.15 bits per heavy atom. The summed E-state index contributed by atoms with van der Waals surface area (Å²) >= 11 is 0. The summed E-state index contributed by atoms with van der Waals surface area (Å²) in [5.41, 5.74) is 2.62. The van der Waals surface area contributed by atoms with Crippen LogP contribution < -0.4 is 5.32 Å². The van der Waals surface area contributed by atoms with Crippen LogP contribution in [0.5, 0.6) is 0 Å². The molecule has 0 saturated heterocycles. The van der Waals surface area contributed by atoms with Crippen molar-refractivity contribution in [3.63, 3.8) is 0 Å². The van der Waals surface area contributed by atoms with Crippen molar-refractivity contribution in [1.82, 2.24) is 20.5 Å². The van der Waals surface area contributed by atoms with Gasteiger partial charge in [0.1, 0.15) is 5.69 Å². The average Bonchev–Trinajstić information content (AvgIpc) is 2.88. The molecule has 1 aliphatic rings. The quantitative estimate of drug-likeness (QED) is 0.895. The molecule has 3 rings (SSSR count). The number of amides is 1. The monoisotopic (exact) mass is 270 g/mol. The molecule has 104 valence electrons. The van der Waals surface area contributed by atoms with Crippen molar-refractivity contribution in [3.8, 4) is 11.1 Å². The van der Waals surface area contributed by atoms with E-state index in [0.29, 0.717) is 17.0 Å². The molecule has 0 aromatic carbocycles. The Morgan fingerprint density at radius 3 is 2.80 bits per heavy atom. The van der Waals surface area contributed by atoms with Crippen molar-refractivity contribution in [2.45, 2.75) is 20.3 Å². The number of carbonyl (C=O) groups is 1. The van der Waals surface area contributed by atoms with E-state index in [1.54, 1.807) is 18.6 Å². The second-order valence-electron chi connectivity index (χ2n) is 5.99. The van der Waals surface area contributed by atoms with E-state index in [1.807, 2.05) is 12.1 Å². The summed E-state index contributed by atoms with van der Waals surface area (Å²) < 4.78 is 0. The van der Waals surface area contributed by atoms with E-state index in [2.05, 4.69) is 34.3 Å². The summed E-state index contributed by atoms with van der Waals surface area (Å²) in [5.74, 6) is 0.482. The van der Waals surface area contributed by atoms with Crippen LogP contribution >= 0.6 is 0 Å². The van der Waals surface area contributed by atoms with Gasteiger partial charge in [0.15, 0.2) is 0 Å². The summed E-state index contributed by atoms with van der Waals surface area (Å²) in [6, 6.07) is 3.73. The van der Waals surface area contributed by atoms with Crippen molar-refractivity contribution in [2.24, 2.45) is 11.3 Å². The van der Waals surface area contributed by atoms with Crippen LogP contribution in [0.1, 0.15) is 30.8 Å². The second kappa shape index (κ2) is 4.74. The molecule has 2 aromatic rings. The lowest BCUT2D eigenvalue weighted by molar-refractivity contribution is 0.0946. The maximum absolute atomic E-state index is 12.2. The molecule has 1 amide bonds. The first-order chi connectivity index (χ1) is 9.58. The molecule has 0 bridgehead atoms. The van der Waals surface area contributed by atoms with Gasteiger partial charge in [-0.3, -0.25) is 14.9 Å². The minimum absolute atomic E-state index is 0.1000. The van der Waals surface area contributed by atoms with E-state index in [-0.39, 0.29) is 5.91 Å². The Kier molecular flexibility index (Phi) is 3.04. The van der Waals surface area contributed by atoms with Crippen molar-refractivity contribution in [2.75, 3.05) is 6.54 Å². The van der Waals surface area contributed by atoms with E-state index in [9.17, 15) is 4.79 Å². The number of aromatic nitrogens is 3. The summed E-state index contributed by atoms with van der Waals surface area (Å²) in [7, 11) is 0. The molecular weight excluding hydrogens is 252 g/mol. The van der Waals surface area contributed by atoms with Crippen LogP contribution in [0, 0.1) is 11.3 Å². The van der Waals surface area contributed by atoms with Gasteiger partial charge in [0.2, 0.25) is 0 Å². The fourth-order valence-corrected chi connectivity index (χ4v) is 2.44. The third kappa shape index (κ3) is 2.43. The van der Waals surface area contributed by atoms with Crippen molar-refractivity contribution in [1.29, 1.82) is 0 Å². The molecular formula is C15H18N4O. The van der Waals surface area contributed by atoms with Crippen LogP contribution in [-0.4, -0.2) is 27.6 Å². The predicted molar refractivity (Wildman–Crippen MR) is 76.0 cm³/mol. The molecule has 1 saturated carbocycles. The fourth-order valence-electron chi connectivity index (χ4n) is 2.44. The first kappa shape index (κ1) is 12.8. The normalized spacial score (nSPS) is 19.6. The number of rotatable bonds is 4. The molecule has 5 nitrogen and oxygen atoms in total. The molecule has 1 atom stereocenters. The highest BCUT2D eigenvalue weighted by molar-refractivity contribution is 5.98. The lowest BCUT2D eigenvalue weighted by Crippen LogP contribution is -2.27. The molecule has 5 heteroatoms. The number of H-pyrrole nitrogens is 1. The minimum Gasteiger partial charge on any atom is -0.350 e. The number of aromatic amines is 1. The lowest BCUT2D eigenvalue weighted by atomic mass is 10.1. The second-order valence-corrected chi connectivity index (χ2v) is 5.99. The SMILES string of the molecule is CC1(C)CC1CNC(=O)c1[nH]ncc1-c1ccncc1. The van der Waals surface area contributed by atoms with E-state index in [4.69, 9.17) is 0 Å². The van der Waals surface area contributed by atoms with Gasteiger partial charge in [-0.1, -0.05) is 13.8 Å². The molecule has 0 spiro atoms. The highest BCUT2D eigenvalue weighted by atomic mass is 16.1. The van der Waals surface area contributed by atoms with Crippen LogP contribution in [0.15, 0.2) is 30.7 Å². The zero-order valence-corrected chi connectivity index (χ0v) is 11.7. The summed E-state index contributed by atoms with van der Waals surface area (Å²) in [6.45, 7) is 5.17. The van der Waals surface area contributed by atoms with Gasteiger partial charge >= 0.3 is 0 Å². The van der Waals surface area contributed by atoms with Crippen LogP contribution in [0.2, 0.25) is 0 Å². The topological polar surface area (TPSA) is 70.7 Å². The van der Waals surface area contributed by atoms with Gasteiger partial charge in [-0.25, -0.2) is 0 Å². The van der Waals surface area contributed by atoms with Crippen LogP contribution in [-0.2, 0) is 0 Å². The van der Waals surface area contributed by atoms with Gasteiger partial charge in [-0.15, -0.1) is 0 Å². The summed E-state index contributed by atoms with van der Waals surface area (Å²) in [6.07, 6.45) is 6.26. The maximum atomic E-state index is 12.2. The minimum atomic E-state index is -0.1000. The largest absolute Gasteiger partial charge is 0.350 e. The van der Waals surface area contributed by atoms with Gasteiger partial charge < -0.3 is 5.32 Å². The zero-order valence-electron chi connectivity index (χ0n) is 11.7. The summed E-state index contributed by atoms with van der Waals surface area (Å²) in [4.78, 5) is 16.2. The van der Waals surface area contributed by atoms with Crippen LogP contribution in [0.4, 0.5) is 0 Å². The Balaban J connectivity index is 1.71. The molecule has 20 heavy (non-hydrogen) atoms. The van der Waals surface area contributed by atoms with E-state index in [1.165, 1.54) is 6.42 Å². The van der Waals surface area contributed by atoms with Gasteiger partial charge in [0.05, 0.1) is 6.20 Å². The number of hydrogen-bond acceptors (Lipinski definition) is 3. The van der Waals surface area contributed by atoms with E-state index < -0.39 is 0 Å². The Morgan fingerprint density at radius 1 is 1.45 bits per heavy atom. The van der Waals surface area contributed by atoms with Crippen LogP contribution in [0.25, 0.3) is 11.1 Å². The van der Waals surface area contributed by atoms with Gasteiger partial charge in [-0.2, -0.15) is 5.10 Å². The van der Waals surface area contributed by atoms with Crippen molar-refractivity contribution in [3.05, 3.63) is 36.4 Å². The molecule has 2 N–H and O–H groups in total. The summed E-state index contributed by atoms with van der Waals surface area (Å²) in [5, 5.41) is 9.76. The number of nitrogens with zero attached hydrogens (tertiary/aromatic N) is 2.